The van der Waals surface area contributed by atoms with Gasteiger partial charge in [-0.25, -0.2) is 17.5 Å². The summed E-state index contributed by atoms with van der Waals surface area (Å²) in [5, 5.41) is 9.09. The molecule has 0 saturated carbocycles. The minimum atomic E-state index is -3.94. The van der Waals surface area contributed by atoms with E-state index in [2.05, 4.69) is 4.72 Å². The maximum absolute atomic E-state index is 13.2. The van der Waals surface area contributed by atoms with E-state index in [4.69, 9.17) is 10.8 Å². The quantitative estimate of drug-likeness (QED) is 0.650. The Morgan fingerprint density at radius 2 is 2.06 bits per heavy atom. The molecule has 1 aromatic rings. The van der Waals surface area contributed by atoms with Gasteiger partial charge in [0, 0.05) is 13.1 Å². The molecule has 16 heavy (non-hydrogen) atoms. The fourth-order valence-corrected chi connectivity index (χ4v) is 2.18. The zero-order chi connectivity index (χ0) is 12.2. The third kappa shape index (κ3) is 3.24. The van der Waals surface area contributed by atoms with E-state index >= 15 is 0 Å². The Labute approximate surface area is 93.1 Å². The number of halogens is 1. The van der Waals surface area contributed by atoms with Crippen LogP contribution in [-0.4, -0.2) is 32.7 Å². The maximum Gasteiger partial charge on any atom is 0.243 e. The molecule has 5 nitrogen and oxygen atoms in total. The lowest BCUT2D eigenvalue weighted by molar-refractivity contribution is 0.186. The Morgan fingerprint density at radius 3 is 2.62 bits per heavy atom. The molecule has 90 valence electrons. The second kappa shape index (κ2) is 5.35. The zero-order valence-corrected chi connectivity index (χ0v) is 9.24. The lowest BCUT2D eigenvalue weighted by Crippen LogP contribution is -2.36. The van der Waals surface area contributed by atoms with Crippen LogP contribution in [0.15, 0.2) is 29.2 Å². The van der Waals surface area contributed by atoms with Crippen molar-refractivity contribution >= 4 is 10.0 Å². The molecule has 0 amide bonds. The van der Waals surface area contributed by atoms with Crippen LogP contribution in [-0.2, 0) is 10.0 Å². The highest BCUT2D eigenvalue weighted by Gasteiger charge is 2.18. The Morgan fingerprint density at radius 1 is 1.44 bits per heavy atom. The molecule has 0 aliphatic rings. The number of hydrogen-bond acceptors (Lipinski definition) is 4. The van der Waals surface area contributed by atoms with E-state index in [9.17, 15) is 12.8 Å². The van der Waals surface area contributed by atoms with E-state index in [0.717, 1.165) is 12.1 Å². The number of rotatable bonds is 5. The first-order valence-corrected chi connectivity index (χ1v) is 6.08. The van der Waals surface area contributed by atoms with Crippen LogP contribution in [0.5, 0.6) is 0 Å². The van der Waals surface area contributed by atoms with Crippen molar-refractivity contribution in [1.82, 2.24) is 4.72 Å². The summed E-state index contributed by atoms with van der Waals surface area (Å²) in [6, 6.07) is 5.00. The van der Waals surface area contributed by atoms with Crippen molar-refractivity contribution in [3.05, 3.63) is 30.1 Å². The molecule has 0 aliphatic carbocycles. The Hall–Kier alpha value is -1.02. The molecule has 0 heterocycles. The Balaban J connectivity index is 2.83. The fourth-order valence-electron chi connectivity index (χ4n) is 1.03. The molecule has 1 rings (SSSR count). The number of nitrogens with two attached hydrogens (primary N) is 1. The second-order valence-electron chi connectivity index (χ2n) is 3.17. The van der Waals surface area contributed by atoms with Gasteiger partial charge in [-0.15, -0.1) is 0 Å². The van der Waals surface area contributed by atoms with E-state index < -0.39 is 26.8 Å². The first-order chi connectivity index (χ1) is 7.47. The number of aliphatic hydroxyl groups is 1. The van der Waals surface area contributed by atoms with Gasteiger partial charge in [0.1, 0.15) is 10.7 Å². The maximum atomic E-state index is 13.2. The van der Waals surface area contributed by atoms with Crippen LogP contribution in [0.25, 0.3) is 0 Å². The highest BCUT2D eigenvalue weighted by molar-refractivity contribution is 7.89. The average molecular weight is 248 g/mol. The van der Waals surface area contributed by atoms with Crippen LogP contribution in [0.1, 0.15) is 0 Å². The van der Waals surface area contributed by atoms with Gasteiger partial charge in [0.15, 0.2) is 0 Å². The van der Waals surface area contributed by atoms with Gasteiger partial charge < -0.3 is 10.8 Å². The lowest BCUT2D eigenvalue weighted by Gasteiger charge is -2.10. The normalized spacial score (nSPS) is 13.7. The molecule has 7 heteroatoms. The SMILES string of the molecule is NC[C@@H](O)CNS(=O)(=O)c1ccccc1F. The summed E-state index contributed by atoms with van der Waals surface area (Å²) >= 11 is 0. The predicted octanol–water partition coefficient (Wildman–Crippen LogP) is -0.576. The van der Waals surface area contributed by atoms with E-state index in [0.29, 0.717) is 0 Å². The van der Waals surface area contributed by atoms with Crippen LogP contribution in [0, 0.1) is 5.82 Å². The minimum Gasteiger partial charge on any atom is -0.390 e. The van der Waals surface area contributed by atoms with Gasteiger partial charge in [-0.1, -0.05) is 12.1 Å². The van der Waals surface area contributed by atoms with Gasteiger partial charge in [0.2, 0.25) is 10.0 Å². The van der Waals surface area contributed by atoms with E-state index in [1.807, 2.05) is 0 Å². The van der Waals surface area contributed by atoms with E-state index in [-0.39, 0.29) is 13.1 Å². The van der Waals surface area contributed by atoms with Crippen molar-refractivity contribution in [2.75, 3.05) is 13.1 Å². The van der Waals surface area contributed by atoms with Gasteiger partial charge in [-0.05, 0) is 12.1 Å². The standard InChI is InChI=1S/C9H13FN2O3S/c10-8-3-1-2-4-9(8)16(14,15)12-6-7(13)5-11/h1-4,7,12-13H,5-6,11H2/t7-/m1/s1. The smallest absolute Gasteiger partial charge is 0.243 e. The van der Waals surface area contributed by atoms with Crippen LogP contribution < -0.4 is 10.5 Å². The number of aliphatic hydroxyl groups excluding tert-OH is 1. The van der Waals surface area contributed by atoms with Crippen molar-refractivity contribution in [3.63, 3.8) is 0 Å². The van der Waals surface area contributed by atoms with Crippen LogP contribution in [0.4, 0.5) is 4.39 Å². The summed E-state index contributed by atoms with van der Waals surface area (Å²) in [7, 11) is -3.94. The Bertz CT molecular complexity index is 450. The molecular formula is C9H13FN2O3S. The van der Waals surface area contributed by atoms with Gasteiger partial charge in [0.25, 0.3) is 0 Å². The fraction of sp³-hybridized carbons (Fsp3) is 0.333. The van der Waals surface area contributed by atoms with Crippen LogP contribution in [0.3, 0.4) is 0 Å². The third-order valence-corrected chi connectivity index (χ3v) is 3.36. The topological polar surface area (TPSA) is 92.4 Å². The van der Waals surface area contributed by atoms with Gasteiger partial charge in [0.05, 0.1) is 6.10 Å². The molecule has 0 spiro atoms. The summed E-state index contributed by atoms with van der Waals surface area (Å²) in [5.74, 6) is -0.836. The summed E-state index contributed by atoms with van der Waals surface area (Å²) in [6.07, 6.45) is -0.985. The highest BCUT2D eigenvalue weighted by Crippen LogP contribution is 2.12. The Kier molecular flexibility index (Phi) is 4.36. The molecular weight excluding hydrogens is 235 g/mol. The van der Waals surface area contributed by atoms with Crippen molar-refractivity contribution < 1.29 is 17.9 Å². The van der Waals surface area contributed by atoms with Crippen LogP contribution in [0.2, 0.25) is 0 Å². The van der Waals surface area contributed by atoms with Crippen molar-refractivity contribution in [1.29, 1.82) is 0 Å². The average Bonchev–Trinajstić information content (AvgIpc) is 2.26. The largest absolute Gasteiger partial charge is 0.390 e. The van der Waals surface area contributed by atoms with E-state index in [1.54, 1.807) is 0 Å². The zero-order valence-electron chi connectivity index (χ0n) is 8.43. The molecule has 0 fully saturated rings. The van der Waals surface area contributed by atoms with Crippen molar-refractivity contribution in [2.45, 2.75) is 11.0 Å². The molecule has 0 unspecified atom stereocenters. The predicted molar refractivity (Wildman–Crippen MR) is 56.6 cm³/mol. The monoisotopic (exact) mass is 248 g/mol. The number of benzene rings is 1. The third-order valence-electron chi connectivity index (χ3n) is 1.91. The highest BCUT2D eigenvalue weighted by atomic mass is 32.2. The lowest BCUT2D eigenvalue weighted by atomic mass is 10.3. The number of nitrogens with one attached hydrogen (secondary N) is 1. The summed E-state index contributed by atoms with van der Waals surface area (Å²) in [4.78, 5) is -0.445. The van der Waals surface area contributed by atoms with E-state index in [1.165, 1.54) is 12.1 Å². The summed E-state index contributed by atoms with van der Waals surface area (Å²) in [6.45, 7) is -0.313. The van der Waals surface area contributed by atoms with Gasteiger partial charge in [-0.2, -0.15) is 0 Å². The molecule has 0 aromatic heterocycles. The molecule has 4 N–H and O–H groups in total. The number of hydrogen-bond donors (Lipinski definition) is 3. The molecule has 0 bridgehead atoms. The molecule has 1 aromatic carbocycles. The molecule has 0 radical (unpaired) electrons. The van der Waals surface area contributed by atoms with Crippen molar-refractivity contribution in [2.24, 2.45) is 5.73 Å². The minimum absolute atomic E-state index is 0.0697. The molecule has 0 saturated heterocycles. The van der Waals surface area contributed by atoms with Gasteiger partial charge >= 0.3 is 0 Å². The molecule has 0 aliphatic heterocycles. The first kappa shape index (κ1) is 13.0. The first-order valence-electron chi connectivity index (χ1n) is 4.59. The second-order valence-corrected chi connectivity index (χ2v) is 4.91. The van der Waals surface area contributed by atoms with Crippen LogP contribution >= 0.6 is 0 Å². The van der Waals surface area contributed by atoms with Crippen molar-refractivity contribution in [3.8, 4) is 0 Å². The van der Waals surface area contributed by atoms with Gasteiger partial charge in [-0.3, -0.25) is 0 Å². The summed E-state index contributed by atoms with van der Waals surface area (Å²) in [5.41, 5.74) is 5.11. The molecule has 1 atom stereocenters. The summed E-state index contributed by atoms with van der Waals surface area (Å²) < 4.78 is 38.4. The number of sulfonamides is 1.